The van der Waals surface area contributed by atoms with Gasteiger partial charge in [-0.05, 0) is 42.5 Å². The van der Waals surface area contributed by atoms with E-state index >= 15 is 0 Å². The summed E-state index contributed by atoms with van der Waals surface area (Å²) < 4.78 is 3.43. The smallest absolute Gasteiger partial charge is 0.263 e. The van der Waals surface area contributed by atoms with E-state index in [9.17, 15) is 9.59 Å². The fourth-order valence-corrected chi connectivity index (χ4v) is 4.98. The molecular weight excluding hydrogens is 492 g/mol. The van der Waals surface area contributed by atoms with E-state index < -0.39 is 6.04 Å². The molecule has 0 spiro atoms. The highest BCUT2D eigenvalue weighted by Gasteiger charge is 2.27. The Labute approximate surface area is 224 Å². The van der Waals surface area contributed by atoms with Crippen molar-refractivity contribution in [1.82, 2.24) is 29.2 Å². The lowest BCUT2D eigenvalue weighted by Gasteiger charge is -2.31. The average molecular weight is 521 g/mol. The van der Waals surface area contributed by atoms with Gasteiger partial charge < -0.3 is 16.0 Å². The number of pyridine rings is 1. The zero-order chi connectivity index (χ0) is 27.1. The fourth-order valence-electron chi connectivity index (χ4n) is 4.98. The summed E-state index contributed by atoms with van der Waals surface area (Å²) in [6.07, 6.45) is 6.09. The number of benzene rings is 2. The van der Waals surface area contributed by atoms with Crippen LogP contribution < -0.4 is 16.6 Å². The standard InChI is InChI=1S/C29H28N8O2/c1-18(33-26-23(16-31-29(30)34-26)27(38)36-12-7-13-36)24-14-19-8-6-11-22(20-15-32-35(2)17-20)25(19)28(39)37(24)21-9-4-3-5-10-21/h3-6,8-11,14-18H,7,12-13H2,1-2H3,(H3,30,31,33,34)/t18-/m0/s1. The molecule has 0 bridgehead atoms. The maximum Gasteiger partial charge on any atom is 0.263 e. The third-order valence-electron chi connectivity index (χ3n) is 7.08. The second-order valence-electron chi connectivity index (χ2n) is 9.72. The fraction of sp³-hybridized carbons (Fsp3) is 0.207. The molecule has 1 aliphatic heterocycles. The Kier molecular flexibility index (Phi) is 6.07. The number of likely N-dealkylation sites (tertiary alicyclic amines) is 1. The summed E-state index contributed by atoms with van der Waals surface area (Å²) in [5.74, 6) is 0.254. The van der Waals surface area contributed by atoms with Crippen LogP contribution in [0.5, 0.6) is 0 Å². The molecule has 4 heterocycles. The molecule has 196 valence electrons. The van der Waals surface area contributed by atoms with Crippen molar-refractivity contribution in [2.45, 2.75) is 19.4 Å². The molecule has 0 radical (unpaired) electrons. The minimum absolute atomic E-state index is 0.0601. The maximum atomic E-state index is 14.3. The molecular formula is C29H28N8O2. The number of anilines is 2. The van der Waals surface area contributed by atoms with Crippen LogP contribution in [-0.4, -0.2) is 48.2 Å². The average Bonchev–Trinajstić information content (AvgIpc) is 3.33. The van der Waals surface area contributed by atoms with Gasteiger partial charge in [-0.15, -0.1) is 0 Å². The molecule has 3 N–H and O–H groups in total. The van der Waals surface area contributed by atoms with Crippen molar-refractivity contribution in [1.29, 1.82) is 0 Å². The predicted molar refractivity (Wildman–Crippen MR) is 151 cm³/mol. The highest BCUT2D eigenvalue weighted by Crippen LogP contribution is 2.30. The van der Waals surface area contributed by atoms with E-state index in [0.29, 0.717) is 35.6 Å². The molecule has 39 heavy (non-hydrogen) atoms. The third-order valence-corrected chi connectivity index (χ3v) is 7.08. The minimum Gasteiger partial charge on any atom is -0.368 e. The van der Waals surface area contributed by atoms with Crippen LogP contribution in [0.3, 0.4) is 0 Å². The number of nitrogens with one attached hydrogen (secondary N) is 1. The number of rotatable bonds is 6. The Morgan fingerprint density at radius 1 is 1.08 bits per heavy atom. The molecule has 5 aromatic rings. The molecule has 10 heteroatoms. The lowest BCUT2D eigenvalue weighted by molar-refractivity contribution is 0.0652. The van der Waals surface area contributed by atoms with Gasteiger partial charge in [0.15, 0.2) is 0 Å². The number of aromatic nitrogens is 5. The van der Waals surface area contributed by atoms with Crippen molar-refractivity contribution in [2.24, 2.45) is 7.05 Å². The zero-order valence-electron chi connectivity index (χ0n) is 21.7. The molecule has 3 aromatic heterocycles. The van der Waals surface area contributed by atoms with Crippen LogP contribution in [0.25, 0.3) is 27.6 Å². The number of nitrogens with two attached hydrogens (primary N) is 1. The van der Waals surface area contributed by atoms with Gasteiger partial charge in [-0.3, -0.25) is 18.8 Å². The SMILES string of the molecule is C[C@H](Nc1nc(N)ncc1C(=O)N1CCC1)c1cc2cccc(-c3cnn(C)c3)c2c(=O)n1-c1ccccc1. The summed E-state index contributed by atoms with van der Waals surface area (Å²) in [5.41, 5.74) is 9.23. The Hall–Kier alpha value is -4.99. The monoisotopic (exact) mass is 520 g/mol. The Morgan fingerprint density at radius 2 is 1.87 bits per heavy atom. The lowest BCUT2D eigenvalue weighted by Crippen LogP contribution is -2.42. The van der Waals surface area contributed by atoms with E-state index in [0.717, 1.165) is 28.6 Å². The zero-order valence-corrected chi connectivity index (χ0v) is 21.7. The summed E-state index contributed by atoms with van der Waals surface area (Å²) in [7, 11) is 1.85. The molecule has 0 aliphatic carbocycles. The number of fused-ring (bicyclic) bond motifs is 1. The number of carbonyl (C=O) groups excluding carboxylic acids is 1. The highest BCUT2D eigenvalue weighted by atomic mass is 16.2. The van der Waals surface area contributed by atoms with Crippen molar-refractivity contribution in [3.8, 4) is 16.8 Å². The van der Waals surface area contributed by atoms with Crippen LogP contribution in [0.4, 0.5) is 11.8 Å². The van der Waals surface area contributed by atoms with Crippen LogP contribution in [0, 0.1) is 0 Å². The summed E-state index contributed by atoms with van der Waals surface area (Å²) in [6.45, 7) is 3.34. The molecule has 1 atom stereocenters. The number of nitrogens with zero attached hydrogens (tertiary/aromatic N) is 6. The van der Waals surface area contributed by atoms with Gasteiger partial charge in [-0.1, -0.05) is 36.4 Å². The second kappa shape index (κ2) is 9.71. The second-order valence-corrected chi connectivity index (χ2v) is 9.72. The van der Waals surface area contributed by atoms with Crippen molar-refractivity contribution in [3.05, 3.63) is 94.8 Å². The summed E-state index contributed by atoms with van der Waals surface area (Å²) >= 11 is 0. The van der Waals surface area contributed by atoms with Gasteiger partial charge in [0.25, 0.3) is 11.5 Å². The predicted octanol–water partition coefficient (Wildman–Crippen LogP) is 3.78. The number of para-hydroxylation sites is 1. The molecule has 6 rings (SSSR count). The number of hydrogen-bond donors (Lipinski definition) is 2. The molecule has 1 aliphatic rings. The number of aryl methyl sites for hydroxylation is 1. The van der Waals surface area contributed by atoms with E-state index in [1.54, 1.807) is 20.3 Å². The topological polar surface area (TPSA) is 124 Å². The number of amides is 1. The normalized spacial score (nSPS) is 13.7. The van der Waals surface area contributed by atoms with Crippen LogP contribution in [-0.2, 0) is 7.05 Å². The van der Waals surface area contributed by atoms with Gasteiger partial charge in [-0.25, -0.2) is 4.98 Å². The van der Waals surface area contributed by atoms with Crippen molar-refractivity contribution >= 4 is 28.4 Å². The van der Waals surface area contributed by atoms with E-state index in [2.05, 4.69) is 20.4 Å². The Bertz CT molecular complexity index is 1750. The summed E-state index contributed by atoms with van der Waals surface area (Å²) in [4.78, 5) is 37.5. The largest absolute Gasteiger partial charge is 0.368 e. The number of nitrogen functional groups attached to an aromatic ring is 1. The third kappa shape index (κ3) is 4.39. The van der Waals surface area contributed by atoms with Crippen LogP contribution in [0.1, 0.15) is 35.4 Å². The maximum absolute atomic E-state index is 14.3. The van der Waals surface area contributed by atoms with Crippen LogP contribution in [0.2, 0.25) is 0 Å². The van der Waals surface area contributed by atoms with Crippen molar-refractivity contribution < 1.29 is 4.79 Å². The van der Waals surface area contributed by atoms with Gasteiger partial charge in [0.1, 0.15) is 11.4 Å². The first-order chi connectivity index (χ1) is 18.9. The highest BCUT2D eigenvalue weighted by molar-refractivity contribution is 5.99. The molecule has 2 aromatic carbocycles. The molecule has 1 amide bonds. The molecule has 1 saturated heterocycles. The van der Waals surface area contributed by atoms with E-state index in [4.69, 9.17) is 5.73 Å². The van der Waals surface area contributed by atoms with Crippen LogP contribution in [0.15, 0.2) is 78.0 Å². The summed E-state index contributed by atoms with van der Waals surface area (Å²) in [6, 6.07) is 16.9. The van der Waals surface area contributed by atoms with Gasteiger partial charge >= 0.3 is 0 Å². The molecule has 10 nitrogen and oxygen atoms in total. The van der Waals surface area contributed by atoms with Crippen molar-refractivity contribution in [3.63, 3.8) is 0 Å². The van der Waals surface area contributed by atoms with Crippen LogP contribution >= 0.6 is 0 Å². The first-order valence-electron chi connectivity index (χ1n) is 12.8. The molecule has 0 unspecified atom stereocenters. The Morgan fingerprint density at radius 3 is 2.56 bits per heavy atom. The first kappa shape index (κ1) is 24.4. The van der Waals surface area contributed by atoms with Gasteiger partial charge in [0, 0.05) is 49.5 Å². The number of carbonyl (C=O) groups is 1. The van der Waals surface area contributed by atoms with Gasteiger partial charge in [-0.2, -0.15) is 10.1 Å². The first-order valence-corrected chi connectivity index (χ1v) is 12.8. The van der Waals surface area contributed by atoms with Crippen molar-refractivity contribution in [2.75, 3.05) is 24.1 Å². The van der Waals surface area contributed by atoms with E-state index in [-0.39, 0.29) is 17.4 Å². The van der Waals surface area contributed by atoms with E-state index in [1.165, 1.54) is 6.20 Å². The van der Waals surface area contributed by atoms with Gasteiger partial charge in [0.05, 0.1) is 17.6 Å². The quantitative estimate of drug-likeness (QED) is 0.349. The lowest BCUT2D eigenvalue weighted by atomic mass is 9.99. The summed E-state index contributed by atoms with van der Waals surface area (Å²) in [5, 5.41) is 9.06. The Balaban J connectivity index is 1.51. The van der Waals surface area contributed by atoms with E-state index in [1.807, 2.05) is 74.8 Å². The molecule has 0 saturated carbocycles. The minimum atomic E-state index is -0.415. The molecule has 1 fully saturated rings. The van der Waals surface area contributed by atoms with Gasteiger partial charge in [0.2, 0.25) is 5.95 Å². The number of hydrogen-bond acceptors (Lipinski definition) is 7.